The molecule has 0 aliphatic heterocycles. The molecular weight excluding hydrogens is 234 g/mol. The van der Waals surface area contributed by atoms with E-state index in [2.05, 4.69) is 29.1 Å². The van der Waals surface area contributed by atoms with Crippen LogP contribution in [0.2, 0.25) is 0 Å². The molecule has 0 bridgehead atoms. The predicted octanol–water partition coefficient (Wildman–Crippen LogP) is 1.96. The highest BCUT2D eigenvalue weighted by molar-refractivity contribution is 5.57. The molecule has 7 nitrogen and oxygen atoms in total. The van der Waals surface area contributed by atoms with Crippen LogP contribution in [0.5, 0.6) is 0 Å². The largest absolute Gasteiger partial charge is 0.368 e. The molecule has 1 unspecified atom stereocenters. The molecule has 1 atom stereocenters. The number of aromatic nitrogens is 2. The van der Waals surface area contributed by atoms with Crippen molar-refractivity contribution < 1.29 is 4.92 Å². The molecular formula is C11H17N5O2. The van der Waals surface area contributed by atoms with E-state index >= 15 is 0 Å². The van der Waals surface area contributed by atoms with Crippen molar-refractivity contribution in [2.45, 2.75) is 39.2 Å². The van der Waals surface area contributed by atoms with E-state index in [1.165, 1.54) is 0 Å². The number of hydrogen-bond donors (Lipinski definition) is 2. The van der Waals surface area contributed by atoms with Gasteiger partial charge in [-0.3, -0.25) is 10.1 Å². The first kappa shape index (κ1) is 12.5. The highest BCUT2D eigenvalue weighted by Gasteiger charge is 2.35. The number of nitro groups is 1. The van der Waals surface area contributed by atoms with E-state index in [9.17, 15) is 10.1 Å². The monoisotopic (exact) mass is 251 g/mol. The van der Waals surface area contributed by atoms with Crippen LogP contribution < -0.4 is 11.1 Å². The minimum Gasteiger partial charge on any atom is -0.368 e. The number of nitrogens with zero attached hydrogens (tertiary/aromatic N) is 3. The molecule has 2 rings (SSSR count). The number of nitrogens with two attached hydrogens (primary N) is 1. The zero-order valence-corrected chi connectivity index (χ0v) is 10.5. The van der Waals surface area contributed by atoms with E-state index in [-0.39, 0.29) is 28.9 Å². The smallest absolute Gasteiger partial charge is 0.329 e. The summed E-state index contributed by atoms with van der Waals surface area (Å²) in [6.45, 7) is 4.29. The van der Waals surface area contributed by atoms with E-state index < -0.39 is 4.92 Å². The molecule has 3 N–H and O–H groups in total. The van der Waals surface area contributed by atoms with Crippen molar-refractivity contribution >= 4 is 17.5 Å². The van der Waals surface area contributed by atoms with Crippen molar-refractivity contribution in [2.24, 2.45) is 5.41 Å². The Labute approximate surface area is 105 Å². The minimum atomic E-state index is -0.496. The van der Waals surface area contributed by atoms with Crippen LogP contribution in [0.1, 0.15) is 33.1 Å². The Morgan fingerprint density at radius 1 is 1.61 bits per heavy atom. The summed E-state index contributed by atoms with van der Waals surface area (Å²) in [6.07, 6.45) is 4.33. The second-order valence-corrected chi connectivity index (χ2v) is 5.30. The number of nitrogen functional groups attached to an aromatic ring is 1. The van der Waals surface area contributed by atoms with E-state index in [4.69, 9.17) is 5.73 Å². The summed E-state index contributed by atoms with van der Waals surface area (Å²) in [5.41, 5.74) is 5.46. The van der Waals surface area contributed by atoms with Crippen LogP contribution in [-0.4, -0.2) is 20.9 Å². The molecule has 18 heavy (non-hydrogen) atoms. The van der Waals surface area contributed by atoms with Gasteiger partial charge in [0.1, 0.15) is 6.20 Å². The highest BCUT2D eigenvalue weighted by atomic mass is 16.6. The summed E-state index contributed by atoms with van der Waals surface area (Å²) in [6, 6.07) is 0.172. The van der Waals surface area contributed by atoms with Crippen LogP contribution in [-0.2, 0) is 0 Å². The van der Waals surface area contributed by atoms with Crippen LogP contribution in [0.25, 0.3) is 0 Å². The molecule has 1 aliphatic rings. The average Bonchev–Trinajstić information content (AvgIpc) is 2.58. The van der Waals surface area contributed by atoms with Gasteiger partial charge in [0.2, 0.25) is 11.8 Å². The molecule has 1 aromatic heterocycles. The lowest BCUT2D eigenvalue weighted by Gasteiger charge is -2.27. The average molecular weight is 251 g/mol. The Kier molecular flexibility index (Phi) is 3.06. The number of nitrogens with one attached hydrogen (secondary N) is 1. The summed E-state index contributed by atoms with van der Waals surface area (Å²) in [7, 11) is 0. The van der Waals surface area contributed by atoms with Crippen molar-refractivity contribution in [1.82, 2.24) is 9.97 Å². The van der Waals surface area contributed by atoms with Crippen molar-refractivity contribution in [3.63, 3.8) is 0 Å². The van der Waals surface area contributed by atoms with Gasteiger partial charge in [-0.05, 0) is 18.3 Å². The van der Waals surface area contributed by atoms with Crippen LogP contribution in [0.3, 0.4) is 0 Å². The lowest BCUT2D eigenvalue weighted by Crippen LogP contribution is -2.31. The summed E-state index contributed by atoms with van der Waals surface area (Å²) < 4.78 is 0. The predicted molar refractivity (Wildman–Crippen MR) is 68.1 cm³/mol. The maximum absolute atomic E-state index is 10.9. The Morgan fingerprint density at radius 2 is 2.33 bits per heavy atom. The van der Waals surface area contributed by atoms with E-state index in [0.29, 0.717) is 0 Å². The van der Waals surface area contributed by atoms with Gasteiger partial charge in [-0.1, -0.05) is 20.3 Å². The number of hydrogen-bond acceptors (Lipinski definition) is 6. The van der Waals surface area contributed by atoms with Gasteiger partial charge >= 0.3 is 5.69 Å². The van der Waals surface area contributed by atoms with Gasteiger partial charge < -0.3 is 11.1 Å². The van der Waals surface area contributed by atoms with Gasteiger partial charge in [0.15, 0.2) is 0 Å². The van der Waals surface area contributed by atoms with Crippen LogP contribution in [0, 0.1) is 15.5 Å². The molecule has 1 fully saturated rings. The standard InChI is InChI=1S/C11H17N5O2/c1-11(2)5-3-4-8(11)14-9-7(16(17)18)6-13-10(12)15-9/h6,8H,3-5H2,1-2H3,(H3,12,13,14,15). The molecule has 1 aromatic rings. The molecule has 0 radical (unpaired) electrons. The highest BCUT2D eigenvalue weighted by Crippen LogP contribution is 2.39. The zero-order valence-electron chi connectivity index (χ0n) is 10.5. The third kappa shape index (κ3) is 2.34. The van der Waals surface area contributed by atoms with Crippen LogP contribution in [0.15, 0.2) is 6.20 Å². The van der Waals surface area contributed by atoms with Crippen LogP contribution >= 0.6 is 0 Å². The van der Waals surface area contributed by atoms with E-state index in [1.54, 1.807) is 0 Å². The minimum absolute atomic E-state index is 0.0407. The van der Waals surface area contributed by atoms with Gasteiger partial charge in [-0.25, -0.2) is 4.98 Å². The summed E-state index contributed by atoms with van der Waals surface area (Å²) in [5.74, 6) is 0.256. The van der Waals surface area contributed by atoms with Crippen LogP contribution in [0.4, 0.5) is 17.5 Å². The Hall–Kier alpha value is -1.92. The molecule has 1 heterocycles. The van der Waals surface area contributed by atoms with Crippen molar-refractivity contribution in [3.8, 4) is 0 Å². The topological polar surface area (TPSA) is 107 Å². The molecule has 0 spiro atoms. The van der Waals surface area contributed by atoms with Crippen molar-refractivity contribution in [3.05, 3.63) is 16.3 Å². The lowest BCUT2D eigenvalue weighted by atomic mass is 9.87. The summed E-state index contributed by atoms with van der Waals surface area (Å²) in [5, 5.41) is 14.1. The Morgan fingerprint density at radius 3 is 2.89 bits per heavy atom. The molecule has 7 heteroatoms. The molecule has 0 saturated heterocycles. The Balaban J connectivity index is 2.28. The maximum Gasteiger partial charge on any atom is 0.329 e. The van der Waals surface area contributed by atoms with Crippen molar-refractivity contribution in [1.29, 1.82) is 0 Å². The lowest BCUT2D eigenvalue weighted by molar-refractivity contribution is -0.384. The first-order valence-electron chi connectivity index (χ1n) is 5.93. The van der Waals surface area contributed by atoms with Crippen molar-refractivity contribution in [2.75, 3.05) is 11.1 Å². The number of anilines is 2. The fraction of sp³-hybridized carbons (Fsp3) is 0.636. The third-order valence-corrected chi connectivity index (χ3v) is 3.55. The first-order chi connectivity index (χ1) is 8.40. The molecule has 1 aliphatic carbocycles. The summed E-state index contributed by atoms with van der Waals surface area (Å²) in [4.78, 5) is 18.0. The normalized spacial score (nSPS) is 21.8. The summed E-state index contributed by atoms with van der Waals surface area (Å²) >= 11 is 0. The van der Waals surface area contributed by atoms with E-state index in [1.807, 2.05) is 0 Å². The quantitative estimate of drug-likeness (QED) is 0.628. The molecule has 0 amide bonds. The zero-order chi connectivity index (χ0) is 13.3. The Bertz CT molecular complexity index is 475. The second kappa shape index (κ2) is 4.40. The molecule has 0 aromatic carbocycles. The van der Waals surface area contributed by atoms with Gasteiger partial charge in [0.05, 0.1) is 4.92 Å². The second-order valence-electron chi connectivity index (χ2n) is 5.30. The molecule has 98 valence electrons. The fourth-order valence-electron chi connectivity index (χ4n) is 2.39. The number of rotatable bonds is 3. The third-order valence-electron chi connectivity index (χ3n) is 3.55. The van der Waals surface area contributed by atoms with Gasteiger partial charge in [-0.2, -0.15) is 4.98 Å². The first-order valence-corrected chi connectivity index (χ1v) is 5.93. The van der Waals surface area contributed by atoms with E-state index in [0.717, 1.165) is 25.5 Å². The van der Waals surface area contributed by atoms with Gasteiger partial charge in [-0.15, -0.1) is 0 Å². The van der Waals surface area contributed by atoms with Gasteiger partial charge in [0.25, 0.3) is 0 Å². The fourth-order valence-corrected chi connectivity index (χ4v) is 2.39. The molecule has 1 saturated carbocycles. The van der Waals surface area contributed by atoms with Gasteiger partial charge in [0, 0.05) is 6.04 Å². The maximum atomic E-state index is 10.9. The SMILES string of the molecule is CC1(C)CCCC1Nc1nc(N)ncc1[N+](=O)[O-].